The number of hydrogen-bond donors (Lipinski definition) is 0. The minimum atomic E-state index is -0.730. The molecule has 0 atom stereocenters. The number of rotatable bonds is 3. The van der Waals surface area contributed by atoms with Gasteiger partial charge in [0.15, 0.2) is 0 Å². The third kappa shape index (κ3) is 2.02. The molecule has 1 rings (SSSR count). The van der Waals surface area contributed by atoms with E-state index in [9.17, 15) is 9.18 Å². The summed E-state index contributed by atoms with van der Waals surface area (Å²) in [6, 6.07) is 4.19. The average Bonchev–Trinajstić information content (AvgIpc) is 2.18. The maximum Gasteiger partial charge on any atom is 0.344 e. The third-order valence-electron chi connectivity index (χ3n) is 1.66. The Bertz CT molecular complexity index is 336. The van der Waals surface area contributed by atoms with Crippen LogP contribution in [-0.4, -0.2) is 19.7 Å². The predicted octanol–water partition coefficient (Wildman–Crippen LogP) is 2.01. The second-order valence-electron chi connectivity index (χ2n) is 2.54. The number of carbonyl (C=O) groups excluding carboxylic acids is 1. The van der Waals surface area contributed by atoms with E-state index in [-0.39, 0.29) is 11.3 Å². The summed E-state index contributed by atoms with van der Waals surface area (Å²) in [4.78, 5) is 11.2. The molecule has 4 heteroatoms. The molecule has 0 aliphatic carbocycles. The van der Waals surface area contributed by atoms with Crippen LogP contribution in [0.3, 0.4) is 0 Å². The molecule has 1 aromatic rings. The van der Waals surface area contributed by atoms with E-state index in [1.54, 1.807) is 6.92 Å². The Kier molecular flexibility index (Phi) is 3.45. The second kappa shape index (κ2) is 4.60. The van der Waals surface area contributed by atoms with E-state index in [1.165, 1.54) is 25.3 Å². The van der Waals surface area contributed by atoms with Crippen molar-refractivity contribution in [2.24, 2.45) is 0 Å². The van der Waals surface area contributed by atoms with E-state index in [4.69, 9.17) is 4.74 Å². The molecule has 0 spiro atoms. The lowest BCUT2D eigenvalue weighted by Gasteiger charge is -2.08. The smallest absolute Gasteiger partial charge is 0.344 e. The predicted molar refractivity (Wildman–Crippen MR) is 48.9 cm³/mol. The minimum absolute atomic E-state index is 0.156. The van der Waals surface area contributed by atoms with Gasteiger partial charge in [-0.15, -0.1) is 0 Å². The Morgan fingerprint density at radius 3 is 2.79 bits per heavy atom. The van der Waals surface area contributed by atoms with Crippen molar-refractivity contribution in [2.75, 3.05) is 13.7 Å². The van der Waals surface area contributed by atoms with E-state index >= 15 is 0 Å². The first-order valence-electron chi connectivity index (χ1n) is 4.20. The van der Waals surface area contributed by atoms with Gasteiger partial charge in [0.1, 0.15) is 17.1 Å². The highest BCUT2D eigenvalue weighted by atomic mass is 19.1. The molecule has 14 heavy (non-hydrogen) atoms. The highest BCUT2D eigenvalue weighted by Crippen LogP contribution is 2.22. The van der Waals surface area contributed by atoms with Crippen LogP contribution in [0.15, 0.2) is 18.2 Å². The lowest BCUT2D eigenvalue weighted by Crippen LogP contribution is -2.08. The normalized spacial score (nSPS) is 9.64. The van der Waals surface area contributed by atoms with Crippen LogP contribution >= 0.6 is 0 Å². The molecule has 0 bridgehead atoms. The van der Waals surface area contributed by atoms with Gasteiger partial charge < -0.3 is 9.47 Å². The summed E-state index contributed by atoms with van der Waals surface area (Å²) in [6.45, 7) is 2.12. The van der Waals surface area contributed by atoms with Crippen molar-refractivity contribution in [3.8, 4) is 5.75 Å². The highest BCUT2D eigenvalue weighted by Gasteiger charge is 2.17. The molecule has 0 fully saturated rings. The number of carbonyl (C=O) groups is 1. The molecular formula is C10H11FO3. The van der Waals surface area contributed by atoms with Crippen molar-refractivity contribution in [1.29, 1.82) is 0 Å². The first kappa shape index (κ1) is 10.5. The van der Waals surface area contributed by atoms with E-state index < -0.39 is 11.8 Å². The van der Waals surface area contributed by atoms with E-state index in [0.717, 1.165) is 0 Å². The molecule has 0 unspecified atom stereocenters. The van der Waals surface area contributed by atoms with Gasteiger partial charge in [0.2, 0.25) is 0 Å². The van der Waals surface area contributed by atoms with E-state index in [2.05, 4.69) is 4.74 Å². The largest absolute Gasteiger partial charge is 0.493 e. The molecule has 0 heterocycles. The monoisotopic (exact) mass is 198 g/mol. The van der Waals surface area contributed by atoms with E-state index in [1.807, 2.05) is 0 Å². The molecule has 0 aliphatic rings. The van der Waals surface area contributed by atoms with Crippen molar-refractivity contribution < 1.29 is 18.7 Å². The number of esters is 1. The lowest BCUT2D eigenvalue weighted by atomic mass is 10.2. The zero-order valence-corrected chi connectivity index (χ0v) is 8.04. The van der Waals surface area contributed by atoms with Crippen LogP contribution in [0.5, 0.6) is 5.75 Å². The van der Waals surface area contributed by atoms with Gasteiger partial charge in [0.25, 0.3) is 0 Å². The van der Waals surface area contributed by atoms with Gasteiger partial charge in [-0.25, -0.2) is 9.18 Å². The van der Waals surface area contributed by atoms with Crippen LogP contribution in [-0.2, 0) is 4.74 Å². The van der Waals surface area contributed by atoms with Gasteiger partial charge >= 0.3 is 5.97 Å². The molecule has 0 amide bonds. The summed E-state index contributed by atoms with van der Waals surface area (Å²) >= 11 is 0. The zero-order valence-electron chi connectivity index (χ0n) is 8.04. The summed E-state index contributed by atoms with van der Waals surface area (Å²) in [5.41, 5.74) is -0.156. The number of halogens is 1. The van der Waals surface area contributed by atoms with Crippen LogP contribution in [0.4, 0.5) is 4.39 Å². The zero-order chi connectivity index (χ0) is 10.6. The summed E-state index contributed by atoms with van der Waals surface area (Å²) in [7, 11) is 1.20. The highest BCUT2D eigenvalue weighted by molar-refractivity contribution is 5.92. The fourth-order valence-corrected chi connectivity index (χ4v) is 1.08. The quantitative estimate of drug-likeness (QED) is 0.697. The Morgan fingerprint density at radius 1 is 1.50 bits per heavy atom. The summed E-state index contributed by atoms with van der Waals surface area (Å²) in [6.07, 6.45) is 0. The molecule has 0 saturated carbocycles. The Labute approximate surface area is 81.4 Å². The standard InChI is InChI=1S/C10H11FO3/c1-3-14-8-6-4-5-7(11)9(8)10(12)13-2/h4-6H,3H2,1-2H3. The number of ether oxygens (including phenoxy) is 2. The maximum atomic E-state index is 13.2. The lowest BCUT2D eigenvalue weighted by molar-refractivity contribution is 0.0590. The third-order valence-corrected chi connectivity index (χ3v) is 1.66. The van der Waals surface area contributed by atoms with Crippen LogP contribution in [0, 0.1) is 5.82 Å². The molecular weight excluding hydrogens is 187 g/mol. The molecule has 0 radical (unpaired) electrons. The van der Waals surface area contributed by atoms with Crippen molar-refractivity contribution in [1.82, 2.24) is 0 Å². The molecule has 0 saturated heterocycles. The second-order valence-corrected chi connectivity index (χ2v) is 2.54. The van der Waals surface area contributed by atoms with Crippen molar-refractivity contribution >= 4 is 5.97 Å². The van der Waals surface area contributed by atoms with Gasteiger partial charge in [-0.1, -0.05) is 6.07 Å². The van der Waals surface area contributed by atoms with Gasteiger partial charge in [-0.05, 0) is 19.1 Å². The summed E-state index contributed by atoms with van der Waals surface area (Å²) < 4.78 is 22.8. The molecule has 0 aromatic heterocycles. The fourth-order valence-electron chi connectivity index (χ4n) is 1.08. The van der Waals surface area contributed by atoms with Crippen LogP contribution in [0.25, 0.3) is 0 Å². The molecule has 3 nitrogen and oxygen atoms in total. The Hall–Kier alpha value is -1.58. The topological polar surface area (TPSA) is 35.5 Å². The Morgan fingerprint density at radius 2 is 2.21 bits per heavy atom. The van der Waals surface area contributed by atoms with Crippen LogP contribution < -0.4 is 4.74 Å². The first-order chi connectivity index (χ1) is 6.70. The number of methoxy groups -OCH3 is 1. The average molecular weight is 198 g/mol. The number of hydrogen-bond acceptors (Lipinski definition) is 3. The summed E-state index contributed by atoms with van der Waals surface area (Å²) in [5.74, 6) is -1.16. The van der Waals surface area contributed by atoms with Crippen LogP contribution in [0.2, 0.25) is 0 Å². The molecule has 0 aliphatic heterocycles. The van der Waals surface area contributed by atoms with Crippen molar-refractivity contribution in [3.05, 3.63) is 29.6 Å². The SMILES string of the molecule is CCOc1cccc(F)c1C(=O)OC. The maximum absolute atomic E-state index is 13.2. The van der Waals surface area contributed by atoms with Gasteiger partial charge in [0, 0.05) is 0 Å². The minimum Gasteiger partial charge on any atom is -0.493 e. The van der Waals surface area contributed by atoms with Crippen molar-refractivity contribution in [3.63, 3.8) is 0 Å². The van der Waals surface area contributed by atoms with Gasteiger partial charge in [0.05, 0.1) is 13.7 Å². The van der Waals surface area contributed by atoms with Gasteiger partial charge in [-0.2, -0.15) is 0 Å². The Balaban J connectivity index is 3.15. The van der Waals surface area contributed by atoms with Crippen LogP contribution in [0.1, 0.15) is 17.3 Å². The van der Waals surface area contributed by atoms with Gasteiger partial charge in [-0.3, -0.25) is 0 Å². The fraction of sp³-hybridized carbons (Fsp3) is 0.300. The molecule has 1 aromatic carbocycles. The van der Waals surface area contributed by atoms with E-state index in [0.29, 0.717) is 6.61 Å². The molecule has 76 valence electrons. The molecule has 0 N–H and O–H groups in total. The first-order valence-corrected chi connectivity index (χ1v) is 4.20. The number of benzene rings is 1. The van der Waals surface area contributed by atoms with Crippen molar-refractivity contribution in [2.45, 2.75) is 6.92 Å². The summed E-state index contributed by atoms with van der Waals surface area (Å²) in [5, 5.41) is 0.